The minimum absolute atomic E-state index is 0.162. The fourth-order valence-corrected chi connectivity index (χ4v) is 12.6. The van der Waals surface area contributed by atoms with Crippen LogP contribution >= 0.6 is 22.7 Å². The molecule has 3 heterocycles. The number of hydrogen-bond donors (Lipinski definition) is 0. The smallest absolute Gasteiger partial charge is 0.159 e. The van der Waals surface area contributed by atoms with Crippen LogP contribution in [0.25, 0.3) is 91.3 Å². The summed E-state index contributed by atoms with van der Waals surface area (Å²) in [5.41, 5.74) is 15.1. The van der Waals surface area contributed by atoms with Gasteiger partial charge >= 0.3 is 0 Å². The summed E-state index contributed by atoms with van der Waals surface area (Å²) in [6.45, 7) is 0. The van der Waals surface area contributed by atoms with Crippen LogP contribution < -0.4 is 4.90 Å². The summed E-state index contributed by atoms with van der Waals surface area (Å²) in [5.74, 6) is 0.162. The van der Waals surface area contributed by atoms with Gasteiger partial charge in [0, 0.05) is 57.4 Å². The van der Waals surface area contributed by atoms with Crippen LogP contribution in [0.15, 0.2) is 223 Å². The van der Waals surface area contributed by atoms with Crippen molar-refractivity contribution < 1.29 is 4.42 Å². The molecule has 302 valence electrons. The number of thiophene rings is 2. The van der Waals surface area contributed by atoms with E-state index in [0.717, 1.165) is 39.7 Å². The zero-order valence-corrected chi connectivity index (χ0v) is 36.4. The Morgan fingerprint density at radius 2 is 1.06 bits per heavy atom. The summed E-state index contributed by atoms with van der Waals surface area (Å²) in [7, 11) is 0. The van der Waals surface area contributed by atoms with E-state index in [4.69, 9.17) is 4.42 Å². The Hall–Kier alpha value is -7.50. The average Bonchev–Trinajstić information content (AvgIpc) is 4.07. The summed E-state index contributed by atoms with van der Waals surface area (Å²) in [5, 5.41) is 5.99. The Kier molecular flexibility index (Phi) is 8.75. The lowest BCUT2D eigenvalue weighted by Gasteiger charge is -2.33. The van der Waals surface area contributed by atoms with Crippen LogP contribution in [0.4, 0.5) is 11.4 Å². The fraction of sp³-hybridized carbons (Fsp3) is 0.0333. The van der Waals surface area contributed by atoms with Gasteiger partial charge in [-0.15, -0.1) is 22.7 Å². The molecule has 0 spiro atoms. The Bertz CT molecular complexity index is 3750. The summed E-state index contributed by atoms with van der Waals surface area (Å²) < 4.78 is 10.8. The molecule has 0 bridgehead atoms. The fourth-order valence-electron chi connectivity index (χ4n) is 10.0. The second kappa shape index (κ2) is 15.1. The third-order valence-electron chi connectivity index (χ3n) is 13.0. The molecule has 0 radical (unpaired) electrons. The van der Waals surface area contributed by atoms with Gasteiger partial charge in [0.05, 0.1) is 17.1 Å². The largest absolute Gasteiger partial charge is 0.454 e. The molecule has 4 heteroatoms. The van der Waals surface area contributed by atoms with E-state index in [1.165, 1.54) is 85.3 Å². The monoisotopic (exact) mass is 853 g/mol. The summed E-state index contributed by atoms with van der Waals surface area (Å²) >= 11 is 3.84. The average molecular weight is 854 g/mol. The second-order valence-electron chi connectivity index (χ2n) is 16.7. The number of furan rings is 1. The maximum Gasteiger partial charge on any atom is 0.159 e. The molecule has 0 saturated heterocycles. The van der Waals surface area contributed by atoms with Crippen molar-refractivity contribution in [1.29, 1.82) is 0 Å². The van der Waals surface area contributed by atoms with E-state index in [9.17, 15) is 0 Å². The van der Waals surface area contributed by atoms with Gasteiger partial charge in [-0.05, 0) is 75.7 Å². The van der Waals surface area contributed by atoms with Gasteiger partial charge in [-0.1, -0.05) is 188 Å². The van der Waals surface area contributed by atoms with Crippen molar-refractivity contribution >= 4 is 91.9 Å². The van der Waals surface area contributed by atoms with Gasteiger partial charge in [0.1, 0.15) is 5.58 Å². The van der Waals surface area contributed by atoms with Crippen molar-refractivity contribution in [3.63, 3.8) is 0 Å². The Morgan fingerprint density at radius 3 is 1.78 bits per heavy atom. The molecule has 3 aromatic heterocycles. The molecule has 0 amide bonds. The molecule has 13 rings (SSSR count). The van der Waals surface area contributed by atoms with Gasteiger partial charge in [-0.3, -0.25) is 0 Å². The minimum Gasteiger partial charge on any atom is -0.454 e. The standard InChI is InChI=1S/C60H39NOS2/c1-5-16-38(17-6-1)42-28-30-48-54(35-42)63-56-37-44(40-20-9-3-10-21-40)34-52(57(48)56)61(51-26-15-25-47-46-24-13-14-27-53(46)62-59(47)51)50-33-32-45(41-22-11-4-12-23-41)60-58(50)49-31-29-43(36-55(49)64-60)39-18-7-2-8-19-39/h1-36,44H,37H2. The van der Waals surface area contributed by atoms with Crippen molar-refractivity contribution in [2.75, 3.05) is 4.90 Å². The Balaban J connectivity index is 1.14. The van der Waals surface area contributed by atoms with Gasteiger partial charge in [0.25, 0.3) is 0 Å². The van der Waals surface area contributed by atoms with Gasteiger partial charge in [0.15, 0.2) is 5.58 Å². The minimum atomic E-state index is 0.162. The van der Waals surface area contributed by atoms with E-state index in [1.54, 1.807) is 0 Å². The molecule has 64 heavy (non-hydrogen) atoms. The number of hydrogen-bond acceptors (Lipinski definition) is 4. The first-order valence-corrected chi connectivity index (χ1v) is 23.6. The van der Waals surface area contributed by atoms with E-state index >= 15 is 0 Å². The molecule has 0 saturated carbocycles. The van der Waals surface area contributed by atoms with Crippen LogP contribution in [-0.2, 0) is 6.42 Å². The van der Waals surface area contributed by atoms with Crippen molar-refractivity contribution in [3.05, 3.63) is 234 Å². The lowest BCUT2D eigenvalue weighted by molar-refractivity contribution is 0.669. The molecular weight excluding hydrogens is 815 g/mol. The van der Waals surface area contributed by atoms with Crippen LogP contribution in [0.1, 0.15) is 21.9 Å². The third-order valence-corrected chi connectivity index (χ3v) is 15.4. The molecule has 1 atom stereocenters. The summed E-state index contributed by atoms with van der Waals surface area (Å²) in [6.07, 6.45) is 3.48. The van der Waals surface area contributed by atoms with Crippen molar-refractivity contribution in [2.24, 2.45) is 0 Å². The maximum atomic E-state index is 6.99. The molecular formula is C60H39NOS2. The van der Waals surface area contributed by atoms with Crippen LogP contribution in [0, 0.1) is 0 Å². The van der Waals surface area contributed by atoms with Crippen LogP contribution in [0.2, 0.25) is 0 Å². The number of para-hydroxylation sites is 2. The Morgan fingerprint density at radius 1 is 0.453 bits per heavy atom. The summed E-state index contributed by atoms with van der Waals surface area (Å²) in [6, 6.07) is 77.4. The topological polar surface area (TPSA) is 16.4 Å². The lowest BCUT2D eigenvalue weighted by Crippen LogP contribution is -2.21. The zero-order chi connectivity index (χ0) is 42.1. The van der Waals surface area contributed by atoms with Gasteiger partial charge in [-0.25, -0.2) is 0 Å². The molecule has 0 aliphatic heterocycles. The number of fused-ring (bicyclic) bond motifs is 9. The molecule has 0 fully saturated rings. The first-order valence-electron chi connectivity index (χ1n) is 21.9. The maximum absolute atomic E-state index is 6.99. The van der Waals surface area contributed by atoms with E-state index in [-0.39, 0.29) is 5.92 Å². The lowest BCUT2D eigenvalue weighted by atomic mass is 9.85. The number of nitrogens with zero attached hydrogens (tertiary/aromatic N) is 1. The number of benzene rings is 9. The van der Waals surface area contributed by atoms with Crippen molar-refractivity contribution in [1.82, 2.24) is 0 Å². The highest BCUT2D eigenvalue weighted by Crippen LogP contribution is 2.54. The first kappa shape index (κ1) is 37.1. The highest BCUT2D eigenvalue weighted by Gasteiger charge is 2.33. The molecule has 2 nitrogen and oxygen atoms in total. The molecule has 12 aromatic rings. The molecule has 9 aromatic carbocycles. The predicted octanol–water partition coefficient (Wildman–Crippen LogP) is 17.7. The number of rotatable bonds is 7. The van der Waals surface area contributed by atoms with E-state index < -0.39 is 0 Å². The number of allylic oxidation sites excluding steroid dienone is 1. The van der Waals surface area contributed by atoms with Crippen molar-refractivity contribution in [2.45, 2.75) is 12.3 Å². The van der Waals surface area contributed by atoms with Crippen LogP contribution in [0.3, 0.4) is 0 Å². The molecule has 1 unspecified atom stereocenters. The normalized spacial score (nSPS) is 13.8. The van der Waals surface area contributed by atoms with E-state index in [2.05, 4.69) is 223 Å². The quantitative estimate of drug-likeness (QED) is 0.159. The van der Waals surface area contributed by atoms with Crippen LogP contribution in [0.5, 0.6) is 0 Å². The molecule has 0 N–H and O–H groups in total. The Labute approximate surface area is 379 Å². The molecule has 1 aliphatic rings. The zero-order valence-electron chi connectivity index (χ0n) is 34.7. The number of anilines is 2. The summed E-state index contributed by atoms with van der Waals surface area (Å²) in [4.78, 5) is 3.96. The molecule has 1 aliphatic carbocycles. The van der Waals surface area contributed by atoms with E-state index in [0.29, 0.717) is 0 Å². The first-order chi connectivity index (χ1) is 31.7. The second-order valence-corrected chi connectivity index (χ2v) is 18.9. The van der Waals surface area contributed by atoms with Gasteiger partial charge in [-0.2, -0.15) is 0 Å². The highest BCUT2D eigenvalue weighted by atomic mass is 32.1. The highest BCUT2D eigenvalue weighted by molar-refractivity contribution is 7.26. The third kappa shape index (κ3) is 6.06. The van der Waals surface area contributed by atoms with Gasteiger partial charge < -0.3 is 9.32 Å². The van der Waals surface area contributed by atoms with Crippen molar-refractivity contribution in [3.8, 4) is 33.4 Å². The van der Waals surface area contributed by atoms with Gasteiger partial charge in [0.2, 0.25) is 0 Å². The predicted molar refractivity (Wildman–Crippen MR) is 274 cm³/mol. The van der Waals surface area contributed by atoms with E-state index in [1.807, 2.05) is 22.7 Å². The SMILES string of the molecule is C1=C(N(c2cccc3c2oc2ccccc23)c2ccc(-c3ccccc3)c3sc4cc(-c5ccccc5)ccc4c23)c2c(sc3cc(-c4ccccc4)ccc23)CC1c1ccccc1. The van der Waals surface area contributed by atoms with Crippen LogP contribution in [-0.4, -0.2) is 0 Å².